The van der Waals surface area contributed by atoms with Gasteiger partial charge in [0.1, 0.15) is 12.6 Å². The summed E-state index contributed by atoms with van der Waals surface area (Å²) in [6.45, 7) is 3.44. The number of hydrogen-bond acceptors (Lipinski definition) is 8. The molecule has 2 bridgehead atoms. The molecule has 3 fully saturated rings. The summed E-state index contributed by atoms with van der Waals surface area (Å²) in [4.78, 5) is 15.8. The Bertz CT molecular complexity index is 612. The maximum atomic E-state index is 12.2. The molecular weight excluding hydrogens is 363 g/mol. The molecular formula is C13H21N4NaO6S. The quantitative estimate of drug-likeness (QED) is 0.167. The number of fused-ring (bicyclic) bond motifs is 2. The van der Waals surface area contributed by atoms with Crippen LogP contribution >= 0.6 is 0 Å². The van der Waals surface area contributed by atoms with Crippen LogP contribution in [0.2, 0.25) is 0 Å². The van der Waals surface area contributed by atoms with Gasteiger partial charge in [-0.3, -0.25) is 10.3 Å². The van der Waals surface area contributed by atoms with E-state index in [9.17, 15) is 17.8 Å². The molecule has 136 valence electrons. The predicted octanol–water partition coefficient (Wildman–Crippen LogP) is -3.26. The first-order valence-electron chi connectivity index (χ1n) is 8.04. The average Bonchev–Trinajstić information content (AvgIpc) is 3.10. The number of nitrogens with one attached hydrogen (secondary N) is 1. The number of carbonyl (C=O) groups is 1. The largest absolute Gasteiger partial charge is 1.00 e. The van der Waals surface area contributed by atoms with Gasteiger partial charge in [0.2, 0.25) is 16.3 Å². The van der Waals surface area contributed by atoms with Crippen LogP contribution in [0.5, 0.6) is 0 Å². The molecule has 0 unspecified atom stereocenters. The van der Waals surface area contributed by atoms with Gasteiger partial charge in [0.25, 0.3) is 0 Å². The van der Waals surface area contributed by atoms with Crippen LogP contribution < -0.4 is 29.6 Å². The van der Waals surface area contributed by atoms with Gasteiger partial charge < -0.3 is 14.2 Å². The first-order valence-corrected chi connectivity index (χ1v) is 9.37. The second kappa shape index (κ2) is 8.51. The Labute approximate surface area is 169 Å². The first kappa shape index (κ1) is 20.9. The Balaban J connectivity index is 0.00000225. The van der Waals surface area contributed by atoms with Crippen LogP contribution in [-0.2, 0) is 19.4 Å². The average molecular weight is 384 g/mol. The molecule has 3 heterocycles. The zero-order valence-corrected chi connectivity index (χ0v) is 17.0. The van der Waals surface area contributed by atoms with Crippen LogP contribution in [0.15, 0.2) is 0 Å². The van der Waals surface area contributed by atoms with E-state index in [4.69, 9.17) is 10.1 Å². The van der Waals surface area contributed by atoms with Crippen molar-refractivity contribution < 1.29 is 56.3 Å². The Morgan fingerprint density at radius 1 is 1.28 bits per heavy atom. The van der Waals surface area contributed by atoms with Crippen molar-refractivity contribution in [1.82, 2.24) is 14.9 Å². The smallest absolute Gasteiger partial charge is 0.724 e. The van der Waals surface area contributed by atoms with Crippen LogP contribution in [0.1, 0.15) is 25.7 Å². The van der Waals surface area contributed by atoms with E-state index in [1.54, 1.807) is 0 Å². The summed E-state index contributed by atoms with van der Waals surface area (Å²) in [5, 5.41) is 8.68. The van der Waals surface area contributed by atoms with Crippen LogP contribution in [0, 0.1) is 5.41 Å². The normalized spacial score (nSPS) is 26.7. The SMILES string of the molecule is N=C(OCCN1CCCC1)[C@@H]1CC[C@@H]2CN1C(=O)N2OS(=O)(=O)[O-].[Na+]. The molecule has 10 nitrogen and oxygen atoms in total. The molecule has 0 aliphatic carbocycles. The van der Waals surface area contributed by atoms with Crippen molar-refractivity contribution in [1.29, 1.82) is 5.41 Å². The van der Waals surface area contributed by atoms with Crippen molar-refractivity contribution in [2.75, 3.05) is 32.8 Å². The summed E-state index contributed by atoms with van der Waals surface area (Å²) in [5.41, 5.74) is 0. The molecule has 3 aliphatic heterocycles. The number of likely N-dealkylation sites (tertiary alicyclic amines) is 1. The molecule has 3 saturated heterocycles. The standard InChI is InChI=1S/C13H22N4O6S.Na/c14-12(22-8-7-15-5-1-2-6-15)11-4-3-10-9-16(11)13(18)17(10)23-24(19,20)21;/h10-11,14H,1-9H2,(H,19,20,21);/q;+1/p-1/t10-,11+;/m1./s1. The maximum absolute atomic E-state index is 12.2. The summed E-state index contributed by atoms with van der Waals surface area (Å²) in [6, 6.07) is -1.75. The summed E-state index contributed by atoms with van der Waals surface area (Å²) in [5.74, 6) is -0.00664. The summed E-state index contributed by atoms with van der Waals surface area (Å²) in [7, 11) is -5.00. The van der Waals surface area contributed by atoms with Gasteiger partial charge in [-0.05, 0) is 38.8 Å². The van der Waals surface area contributed by atoms with Gasteiger partial charge in [-0.2, -0.15) is 9.35 Å². The number of amides is 2. The van der Waals surface area contributed by atoms with E-state index in [1.165, 1.54) is 17.7 Å². The minimum atomic E-state index is -5.00. The molecule has 25 heavy (non-hydrogen) atoms. The topological polar surface area (TPSA) is 126 Å². The number of ether oxygens (including phenoxy) is 1. The third-order valence-corrected chi connectivity index (χ3v) is 5.00. The molecule has 0 radical (unpaired) electrons. The molecule has 3 aliphatic rings. The second-order valence-electron chi connectivity index (χ2n) is 6.25. The van der Waals surface area contributed by atoms with Gasteiger partial charge in [0, 0.05) is 13.1 Å². The van der Waals surface area contributed by atoms with E-state index >= 15 is 0 Å². The second-order valence-corrected chi connectivity index (χ2v) is 7.22. The number of hydrogen-bond donors (Lipinski definition) is 1. The summed E-state index contributed by atoms with van der Waals surface area (Å²) < 4.78 is 42.0. The van der Waals surface area contributed by atoms with Gasteiger partial charge in [0.15, 0.2) is 0 Å². The van der Waals surface area contributed by atoms with Crippen molar-refractivity contribution >= 4 is 22.3 Å². The number of urea groups is 1. The minimum absolute atomic E-state index is 0. The van der Waals surface area contributed by atoms with Crippen molar-refractivity contribution in [3.63, 3.8) is 0 Å². The van der Waals surface area contributed by atoms with Gasteiger partial charge in [-0.15, -0.1) is 0 Å². The third-order valence-electron chi connectivity index (χ3n) is 4.66. The van der Waals surface area contributed by atoms with E-state index in [2.05, 4.69) is 9.18 Å². The monoisotopic (exact) mass is 384 g/mol. The zero-order chi connectivity index (χ0) is 17.3. The number of piperidine rings is 1. The van der Waals surface area contributed by atoms with Crippen LogP contribution in [0.25, 0.3) is 0 Å². The fourth-order valence-corrected chi connectivity index (χ4v) is 3.87. The molecule has 1 N–H and O–H groups in total. The van der Waals surface area contributed by atoms with E-state index in [-0.39, 0.29) is 42.0 Å². The minimum Gasteiger partial charge on any atom is -0.724 e. The van der Waals surface area contributed by atoms with E-state index < -0.39 is 28.5 Å². The molecule has 2 atom stereocenters. The number of nitrogens with zero attached hydrogens (tertiary/aromatic N) is 3. The Kier molecular flexibility index (Phi) is 7.10. The fraction of sp³-hybridized carbons (Fsp3) is 0.846. The number of rotatable bonds is 6. The van der Waals surface area contributed by atoms with Crippen LogP contribution in [0.4, 0.5) is 4.79 Å². The van der Waals surface area contributed by atoms with Gasteiger partial charge in [-0.25, -0.2) is 13.2 Å². The van der Waals surface area contributed by atoms with Crippen molar-refractivity contribution in [3.8, 4) is 0 Å². The zero-order valence-electron chi connectivity index (χ0n) is 14.2. The van der Waals surface area contributed by atoms with E-state index in [1.807, 2.05) is 0 Å². The number of hydroxylamine groups is 2. The fourth-order valence-electron chi connectivity index (χ4n) is 3.49. The molecule has 2 amide bonds. The molecule has 12 heteroatoms. The molecule has 0 saturated carbocycles. The van der Waals surface area contributed by atoms with E-state index in [0.717, 1.165) is 19.6 Å². The van der Waals surface area contributed by atoms with Gasteiger partial charge >= 0.3 is 35.6 Å². The van der Waals surface area contributed by atoms with Crippen molar-refractivity contribution in [3.05, 3.63) is 0 Å². The molecule has 0 aromatic heterocycles. The van der Waals surface area contributed by atoms with Crippen LogP contribution in [-0.4, -0.2) is 84.6 Å². The Morgan fingerprint density at radius 3 is 2.60 bits per heavy atom. The molecule has 0 aromatic carbocycles. The van der Waals surface area contributed by atoms with Gasteiger partial charge in [0.05, 0.1) is 6.04 Å². The molecule has 0 spiro atoms. The van der Waals surface area contributed by atoms with Crippen molar-refractivity contribution in [2.45, 2.75) is 37.8 Å². The third kappa shape index (κ3) is 5.06. The summed E-state index contributed by atoms with van der Waals surface area (Å²) in [6.07, 6.45) is 3.28. The summed E-state index contributed by atoms with van der Waals surface area (Å²) >= 11 is 0. The predicted molar refractivity (Wildman–Crippen MR) is 80.9 cm³/mol. The van der Waals surface area contributed by atoms with Crippen molar-refractivity contribution in [2.24, 2.45) is 0 Å². The molecule has 3 rings (SSSR count). The van der Waals surface area contributed by atoms with Crippen LogP contribution in [0.3, 0.4) is 0 Å². The first-order chi connectivity index (χ1) is 11.3. The maximum Gasteiger partial charge on any atom is 1.00 e. The molecule has 0 aromatic rings. The van der Waals surface area contributed by atoms with E-state index in [0.29, 0.717) is 24.5 Å². The Morgan fingerprint density at radius 2 is 1.96 bits per heavy atom. The number of carbonyl (C=O) groups excluding carboxylic acids is 1. The van der Waals surface area contributed by atoms with Gasteiger partial charge in [-0.1, -0.05) is 0 Å². The Hall–Kier alpha value is -0.430.